The van der Waals surface area contributed by atoms with Crippen molar-refractivity contribution in [2.75, 3.05) is 5.73 Å². The molecule has 0 saturated heterocycles. The third-order valence-electron chi connectivity index (χ3n) is 1.71. The van der Waals surface area contributed by atoms with E-state index in [0.717, 1.165) is 11.5 Å². The number of nitrogens with zero attached hydrogens (tertiary/aromatic N) is 5. The normalized spacial score (nSPS) is 11.1. The van der Waals surface area contributed by atoms with Gasteiger partial charge in [-0.25, -0.2) is 4.68 Å². The van der Waals surface area contributed by atoms with Crippen LogP contribution >= 0.6 is 11.5 Å². The van der Waals surface area contributed by atoms with Gasteiger partial charge in [-0.05, 0) is 13.8 Å². The van der Waals surface area contributed by atoms with Gasteiger partial charge in [0.2, 0.25) is 0 Å². The van der Waals surface area contributed by atoms with Gasteiger partial charge < -0.3 is 5.73 Å². The molecule has 14 heavy (non-hydrogen) atoms. The summed E-state index contributed by atoms with van der Waals surface area (Å²) in [5, 5.41) is 8.36. The molecule has 74 valence electrons. The average Bonchev–Trinajstić information content (AvgIpc) is 2.70. The predicted molar refractivity (Wildman–Crippen MR) is 53.7 cm³/mol. The highest BCUT2D eigenvalue weighted by Crippen LogP contribution is 2.17. The van der Waals surface area contributed by atoms with Gasteiger partial charge in [0, 0.05) is 17.6 Å². The largest absolute Gasteiger partial charge is 0.374 e. The molecule has 2 aromatic heterocycles. The molecule has 7 heteroatoms. The third kappa shape index (κ3) is 1.58. The highest BCUT2D eigenvalue weighted by atomic mass is 32.1. The van der Waals surface area contributed by atoms with Crippen molar-refractivity contribution in [2.24, 2.45) is 0 Å². The maximum Gasteiger partial charge on any atom is 0.200 e. The zero-order valence-electron chi connectivity index (χ0n) is 7.88. The fourth-order valence-corrected chi connectivity index (χ4v) is 1.41. The lowest BCUT2D eigenvalue weighted by atomic mass is 10.4. The molecule has 6 nitrogen and oxygen atoms in total. The summed E-state index contributed by atoms with van der Waals surface area (Å²) in [6.07, 6.45) is 1.81. The topological polar surface area (TPSA) is 82.5 Å². The molecule has 2 aromatic rings. The monoisotopic (exact) mass is 210 g/mol. The molecule has 0 fully saturated rings. The zero-order chi connectivity index (χ0) is 10.1. The van der Waals surface area contributed by atoms with Gasteiger partial charge in [0.05, 0.1) is 6.20 Å². The summed E-state index contributed by atoms with van der Waals surface area (Å²) in [6, 6.07) is 0.284. The maximum atomic E-state index is 5.47. The smallest absolute Gasteiger partial charge is 0.200 e. The lowest BCUT2D eigenvalue weighted by Gasteiger charge is -2.00. The fraction of sp³-hybridized carbons (Fsp3) is 0.429. The maximum absolute atomic E-state index is 5.47. The molecule has 0 amide bonds. The minimum Gasteiger partial charge on any atom is -0.374 e. The van der Waals surface area contributed by atoms with Crippen LogP contribution in [0.15, 0.2) is 6.20 Å². The Morgan fingerprint density at radius 1 is 1.50 bits per heavy atom. The summed E-state index contributed by atoms with van der Waals surface area (Å²) >= 11 is 1.16. The SMILES string of the molecule is CC(C)n1cc(-c2nsc(N)n2)nn1. The summed E-state index contributed by atoms with van der Waals surface area (Å²) in [5.74, 6) is 0.541. The molecule has 0 aromatic carbocycles. The number of aromatic nitrogens is 5. The number of anilines is 1. The van der Waals surface area contributed by atoms with Crippen LogP contribution in [0.4, 0.5) is 5.13 Å². The Morgan fingerprint density at radius 2 is 2.29 bits per heavy atom. The molecule has 2 N–H and O–H groups in total. The molecule has 0 atom stereocenters. The molecule has 0 spiro atoms. The minimum atomic E-state index is 0.284. The second kappa shape index (κ2) is 3.33. The quantitative estimate of drug-likeness (QED) is 0.798. The number of rotatable bonds is 2. The van der Waals surface area contributed by atoms with Crippen LogP contribution in [0.3, 0.4) is 0 Å². The van der Waals surface area contributed by atoms with E-state index >= 15 is 0 Å². The van der Waals surface area contributed by atoms with E-state index in [2.05, 4.69) is 19.7 Å². The van der Waals surface area contributed by atoms with Crippen LogP contribution < -0.4 is 5.73 Å². The fourth-order valence-electron chi connectivity index (χ4n) is 0.971. The van der Waals surface area contributed by atoms with Crippen molar-refractivity contribution in [3.8, 4) is 11.5 Å². The Kier molecular flexibility index (Phi) is 2.16. The molecule has 2 heterocycles. The number of hydrogen-bond donors (Lipinski definition) is 1. The van der Waals surface area contributed by atoms with Gasteiger partial charge >= 0.3 is 0 Å². The van der Waals surface area contributed by atoms with E-state index < -0.39 is 0 Å². The Morgan fingerprint density at radius 3 is 2.79 bits per heavy atom. The van der Waals surface area contributed by atoms with Gasteiger partial charge in [-0.15, -0.1) is 5.10 Å². The van der Waals surface area contributed by atoms with E-state index in [0.29, 0.717) is 16.6 Å². The van der Waals surface area contributed by atoms with Gasteiger partial charge in [0.15, 0.2) is 16.6 Å². The number of hydrogen-bond acceptors (Lipinski definition) is 6. The molecular weight excluding hydrogens is 200 g/mol. The van der Waals surface area contributed by atoms with Gasteiger partial charge in [-0.3, -0.25) is 0 Å². The average molecular weight is 210 g/mol. The standard InChI is InChI=1S/C7H10N6S/c1-4(2)13-3-5(10-12-13)6-9-7(8)14-11-6/h3-4H,1-2H3,(H2,8,9,11). The Labute approximate surface area is 84.9 Å². The molecular formula is C7H10N6S. The predicted octanol–water partition coefficient (Wildman–Crippen LogP) is 0.960. The second-order valence-electron chi connectivity index (χ2n) is 3.13. The minimum absolute atomic E-state index is 0.284. The van der Waals surface area contributed by atoms with E-state index in [1.807, 2.05) is 20.0 Å². The molecule has 0 saturated carbocycles. The summed E-state index contributed by atoms with van der Waals surface area (Å²) < 4.78 is 5.80. The van der Waals surface area contributed by atoms with Crippen LogP contribution in [-0.2, 0) is 0 Å². The van der Waals surface area contributed by atoms with E-state index in [9.17, 15) is 0 Å². The Hall–Kier alpha value is -1.50. The van der Waals surface area contributed by atoms with E-state index in [4.69, 9.17) is 5.73 Å². The molecule has 2 rings (SSSR count). The molecule has 0 aliphatic rings. The lowest BCUT2D eigenvalue weighted by molar-refractivity contribution is 0.514. The Balaban J connectivity index is 2.33. The van der Waals surface area contributed by atoms with E-state index in [1.165, 1.54) is 0 Å². The molecule has 0 aliphatic heterocycles. The van der Waals surface area contributed by atoms with Gasteiger partial charge in [-0.2, -0.15) is 9.36 Å². The zero-order valence-corrected chi connectivity index (χ0v) is 8.69. The highest BCUT2D eigenvalue weighted by Gasteiger charge is 2.10. The van der Waals surface area contributed by atoms with Crippen LogP contribution in [0.2, 0.25) is 0 Å². The lowest BCUT2D eigenvalue weighted by Crippen LogP contribution is -2.00. The highest BCUT2D eigenvalue weighted by molar-refractivity contribution is 7.09. The van der Waals surface area contributed by atoms with Crippen molar-refractivity contribution in [1.82, 2.24) is 24.4 Å². The van der Waals surface area contributed by atoms with Crippen LogP contribution in [0.25, 0.3) is 11.5 Å². The van der Waals surface area contributed by atoms with Crippen LogP contribution in [0, 0.1) is 0 Å². The van der Waals surface area contributed by atoms with Crippen LogP contribution in [-0.4, -0.2) is 24.4 Å². The third-order valence-corrected chi connectivity index (χ3v) is 2.25. The molecule has 0 unspecified atom stereocenters. The van der Waals surface area contributed by atoms with Gasteiger partial charge in [-0.1, -0.05) is 5.21 Å². The molecule has 0 aliphatic carbocycles. The Bertz CT molecular complexity index is 431. The van der Waals surface area contributed by atoms with Crippen molar-refractivity contribution in [1.29, 1.82) is 0 Å². The first-order valence-corrected chi connectivity index (χ1v) is 4.95. The van der Waals surface area contributed by atoms with Crippen molar-refractivity contribution < 1.29 is 0 Å². The van der Waals surface area contributed by atoms with Gasteiger partial charge in [0.25, 0.3) is 0 Å². The first-order chi connectivity index (χ1) is 6.66. The first-order valence-electron chi connectivity index (χ1n) is 4.18. The molecule has 0 bridgehead atoms. The second-order valence-corrected chi connectivity index (χ2v) is 3.92. The summed E-state index contributed by atoms with van der Waals surface area (Å²) in [7, 11) is 0. The first kappa shape index (κ1) is 9.07. The van der Waals surface area contributed by atoms with E-state index in [-0.39, 0.29) is 6.04 Å². The number of nitrogens with two attached hydrogens (primary N) is 1. The van der Waals surface area contributed by atoms with E-state index in [1.54, 1.807) is 4.68 Å². The molecule has 0 radical (unpaired) electrons. The van der Waals surface area contributed by atoms with Crippen molar-refractivity contribution >= 4 is 16.7 Å². The number of nitrogen functional groups attached to an aromatic ring is 1. The summed E-state index contributed by atoms with van der Waals surface area (Å²) in [4.78, 5) is 4.02. The van der Waals surface area contributed by atoms with Crippen molar-refractivity contribution in [3.05, 3.63) is 6.20 Å². The summed E-state index contributed by atoms with van der Waals surface area (Å²) in [6.45, 7) is 4.06. The van der Waals surface area contributed by atoms with Crippen molar-refractivity contribution in [2.45, 2.75) is 19.9 Å². The van der Waals surface area contributed by atoms with Crippen LogP contribution in [0.1, 0.15) is 19.9 Å². The summed E-state index contributed by atoms with van der Waals surface area (Å²) in [5.41, 5.74) is 6.13. The van der Waals surface area contributed by atoms with Gasteiger partial charge in [0.1, 0.15) is 0 Å². The van der Waals surface area contributed by atoms with Crippen molar-refractivity contribution in [3.63, 3.8) is 0 Å². The van der Waals surface area contributed by atoms with Crippen LogP contribution in [0.5, 0.6) is 0 Å².